The lowest BCUT2D eigenvalue weighted by atomic mass is 9.78. The second kappa shape index (κ2) is 9.46. The minimum Gasteiger partial charge on any atom is -0.458 e. The van der Waals surface area contributed by atoms with Crippen molar-refractivity contribution >= 4 is 23.7 Å². The van der Waals surface area contributed by atoms with Crippen molar-refractivity contribution < 1.29 is 43.6 Å². The molecule has 0 radical (unpaired) electrons. The Morgan fingerprint density at radius 2 is 1.97 bits per heavy atom. The lowest BCUT2D eigenvalue weighted by Gasteiger charge is -2.39. The largest absolute Gasteiger partial charge is 0.458 e. The van der Waals surface area contributed by atoms with Crippen LogP contribution in [-0.4, -0.2) is 89.0 Å². The summed E-state index contributed by atoms with van der Waals surface area (Å²) in [5.74, 6) is -4.39. The van der Waals surface area contributed by atoms with Crippen molar-refractivity contribution in [3.05, 3.63) is 11.6 Å². The topological polar surface area (TPSA) is 140 Å². The summed E-state index contributed by atoms with van der Waals surface area (Å²) in [4.78, 5) is 52.4. The monoisotopic (exact) mass is 441 g/mol. The van der Waals surface area contributed by atoms with Crippen LogP contribution in [-0.2, 0) is 33.4 Å². The Morgan fingerprint density at radius 3 is 2.55 bits per heavy atom. The van der Waals surface area contributed by atoms with Crippen molar-refractivity contribution in [2.75, 3.05) is 26.7 Å². The molecule has 2 N–H and O–H groups in total. The predicted octanol–water partition coefficient (Wildman–Crippen LogP) is -0.254. The average molecular weight is 441 g/mol. The SMILES string of the molecule is CC(=O)O[C@]1(C)C(=O)OC/C2=C/CN(C)CC[C@@H](OC(=O)C(O)(C(C)O)C[C@H]1C)C2=O. The smallest absolute Gasteiger partial charge is 0.350 e. The Hall–Kier alpha value is -2.30. The fraction of sp³-hybridized carbons (Fsp3) is 0.714. The normalized spacial score (nSPS) is 36.4. The number of ether oxygens (including phenoxy) is 3. The van der Waals surface area contributed by atoms with E-state index in [0.717, 1.165) is 6.92 Å². The number of nitrogens with zero attached hydrogens (tertiary/aromatic N) is 1. The van der Waals surface area contributed by atoms with Gasteiger partial charge in [0.1, 0.15) is 6.61 Å². The Morgan fingerprint density at radius 1 is 1.32 bits per heavy atom. The third-order valence-corrected chi connectivity index (χ3v) is 6.00. The predicted molar refractivity (Wildman–Crippen MR) is 107 cm³/mol. The van der Waals surface area contributed by atoms with E-state index in [0.29, 0.717) is 13.1 Å². The number of carbonyl (C=O) groups is 4. The molecule has 2 bridgehead atoms. The van der Waals surface area contributed by atoms with Gasteiger partial charge in [0.15, 0.2) is 11.7 Å². The average Bonchev–Trinajstić information content (AvgIpc) is 2.67. The molecule has 0 aliphatic carbocycles. The quantitative estimate of drug-likeness (QED) is 0.435. The summed E-state index contributed by atoms with van der Waals surface area (Å²) in [6.07, 6.45) is -1.53. The summed E-state index contributed by atoms with van der Waals surface area (Å²) in [6.45, 7) is 5.55. The standard InChI is InChI=1S/C21H31NO9/c1-12-10-21(28,13(2)23)19(27)30-16-7-9-22(5)8-6-15(17(16)25)11-29-18(26)20(12,4)31-14(3)24/h6,12-13,16,23,28H,7-11H2,1-5H3/b15-6-/t12-,13?,16-,20+,21?/m1/s1. The van der Waals surface area contributed by atoms with Crippen molar-refractivity contribution in [2.24, 2.45) is 5.92 Å². The molecule has 0 saturated carbocycles. The van der Waals surface area contributed by atoms with Gasteiger partial charge in [0.2, 0.25) is 11.4 Å². The molecule has 10 heteroatoms. The number of hydrogen-bond donors (Lipinski definition) is 2. The van der Waals surface area contributed by atoms with Crippen LogP contribution in [0.25, 0.3) is 0 Å². The van der Waals surface area contributed by atoms with E-state index in [9.17, 15) is 29.4 Å². The molecule has 1 saturated heterocycles. The number of likely N-dealkylation sites (N-methyl/N-ethyl adjacent to an activating group) is 1. The van der Waals surface area contributed by atoms with Crippen LogP contribution in [0, 0.1) is 5.92 Å². The molecule has 2 unspecified atom stereocenters. The summed E-state index contributed by atoms with van der Waals surface area (Å²) in [6, 6.07) is 0. The summed E-state index contributed by atoms with van der Waals surface area (Å²) in [5, 5.41) is 21.2. The Kier molecular flexibility index (Phi) is 7.61. The molecule has 2 heterocycles. The van der Waals surface area contributed by atoms with Crippen LogP contribution in [0.15, 0.2) is 11.6 Å². The van der Waals surface area contributed by atoms with Gasteiger partial charge in [-0.3, -0.25) is 9.59 Å². The van der Waals surface area contributed by atoms with E-state index in [4.69, 9.17) is 14.2 Å². The van der Waals surface area contributed by atoms with Gasteiger partial charge in [-0.05, 0) is 27.3 Å². The number of rotatable bonds is 2. The maximum atomic E-state index is 13.0. The first-order valence-corrected chi connectivity index (χ1v) is 10.2. The first-order chi connectivity index (χ1) is 14.3. The molecule has 0 amide bonds. The molecule has 1 fully saturated rings. The lowest BCUT2D eigenvalue weighted by molar-refractivity contribution is -0.199. The maximum absolute atomic E-state index is 13.0. The van der Waals surface area contributed by atoms with E-state index in [1.54, 1.807) is 6.08 Å². The van der Waals surface area contributed by atoms with Crippen LogP contribution in [0.3, 0.4) is 0 Å². The van der Waals surface area contributed by atoms with Crippen LogP contribution in [0.4, 0.5) is 0 Å². The summed E-state index contributed by atoms with van der Waals surface area (Å²) >= 11 is 0. The highest BCUT2D eigenvalue weighted by Crippen LogP contribution is 2.34. The zero-order valence-corrected chi connectivity index (χ0v) is 18.5. The van der Waals surface area contributed by atoms with Crippen LogP contribution in [0.1, 0.15) is 40.5 Å². The van der Waals surface area contributed by atoms with Gasteiger partial charge in [0.25, 0.3) is 0 Å². The maximum Gasteiger partial charge on any atom is 0.350 e. The first-order valence-electron chi connectivity index (χ1n) is 10.2. The second-order valence-corrected chi connectivity index (χ2v) is 8.52. The van der Waals surface area contributed by atoms with Gasteiger partial charge in [-0.2, -0.15) is 0 Å². The molecule has 0 aromatic rings. The molecule has 2 rings (SSSR count). The Labute approximate surface area is 181 Å². The van der Waals surface area contributed by atoms with E-state index < -0.39 is 59.4 Å². The molecule has 174 valence electrons. The number of carbonyl (C=O) groups excluding carboxylic acids is 4. The number of cyclic esters (lactones) is 1. The van der Waals surface area contributed by atoms with Crippen molar-refractivity contribution in [2.45, 2.75) is 63.9 Å². The van der Waals surface area contributed by atoms with Crippen molar-refractivity contribution in [1.29, 1.82) is 0 Å². The van der Waals surface area contributed by atoms with E-state index in [1.165, 1.54) is 20.8 Å². The third-order valence-electron chi connectivity index (χ3n) is 6.00. The molecule has 0 aromatic heterocycles. The van der Waals surface area contributed by atoms with Crippen LogP contribution < -0.4 is 0 Å². The number of hydrogen-bond acceptors (Lipinski definition) is 10. The first kappa shape index (κ1) is 25.0. The fourth-order valence-corrected chi connectivity index (χ4v) is 3.62. The number of esters is 3. The number of ketones is 1. The van der Waals surface area contributed by atoms with Gasteiger partial charge in [-0.25, -0.2) is 9.59 Å². The zero-order chi connectivity index (χ0) is 23.6. The minimum absolute atomic E-state index is 0.122. The zero-order valence-electron chi connectivity index (χ0n) is 18.5. The van der Waals surface area contributed by atoms with E-state index >= 15 is 0 Å². The summed E-state index contributed by atoms with van der Waals surface area (Å²) < 4.78 is 16.0. The third kappa shape index (κ3) is 5.31. The second-order valence-electron chi connectivity index (χ2n) is 8.52. The fourth-order valence-electron chi connectivity index (χ4n) is 3.62. The molecular weight excluding hydrogens is 410 g/mol. The highest BCUT2D eigenvalue weighted by molar-refractivity contribution is 6.01. The van der Waals surface area contributed by atoms with Crippen molar-refractivity contribution in [1.82, 2.24) is 4.90 Å². The highest BCUT2D eigenvalue weighted by atomic mass is 16.6. The molecule has 10 nitrogen and oxygen atoms in total. The van der Waals surface area contributed by atoms with E-state index in [1.807, 2.05) is 11.9 Å². The number of Topliss-reactive ketones (excluding diaryl/α,β-unsaturated/α-hetero) is 1. The van der Waals surface area contributed by atoms with E-state index in [2.05, 4.69) is 0 Å². The Bertz CT molecular complexity index is 777. The number of aliphatic hydroxyl groups is 2. The van der Waals surface area contributed by atoms with Crippen molar-refractivity contribution in [3.8, 4) is 0 Å². The molecule has 31 heavy (non-hydrogen) atoms. The molecule has 2 aliphatic heterocycles. The van der Waals surface area contributed by atoms with Gasteiger partial charge >= 0.3 is 17.9 Å². The molecule has 0 aromatic carbocycles. The molecular formula is C21H31NO9. The van der Waals surface area contributed by atoms with Gasteiger partial charge in [-0.15, -0.1) is 0 Å². The van der Waals surface area contributed by atoms with Crippen LogP contribution >= 0.6 is 0 Å². The van der Waals surface area contributed by atoms with Gasteiger partial charge in [0.05, 0.1) is 6.10 Å². The van der Waals surface area contributed by atoms with Crippen LogP contribution in [0.5, 0.6) is 0 Å². The van der Waals surface area contributed by atoms with Gasteiger partial charge < -0.3 is 29.3 Å². The van der Waals surface area contributed by atoms with Crippen molar-refractivity contribution in [3.63, 3.8) is 0 Å². The Balaban J connectivity index is 2.56. The van der Waals surface area contributed by atoms with E-state index in [-0.39, 0.29) is 18.6 Å². The number of aliphatic hydroxyl groups excluding tert-OH is 1. The molecule has 2 aliphatic rings. The minimum atomic E-state index is -2.45. The summed E-state index contributed by atoms with van der Waals surface area (Å²) in [7, 11) is 1.81. The lowest BCUT2D eigenvalue weighted by Crippen LogP contribution is -2.57. The number of fused-ring (bicyclic) bond motifs is 2. The molecule has 5 atom stereocenters. The van der Waals surface area contributed by atoms with Crippen LogP contribution in [0.2, 0.25) is 0 Å². The molecule has 0 spiro atoms. The highest BCUT2D eigenvalue weighted by Gasteiger charge is 2.53. The van der Waals surface area contributed by atoms with Gasteiger partial charge in [-0.1, -0.05) is 13.0 Å². The van der Waals surface area contributed by atoms with Gasteiger partial charge in [0, 0.05) is 37.9 Å². The summed E-state index contributed by atoms with van der Waals surface area (Å²) in [5.41, 5.74) is -4.20.